The van der Waals surface area contributed by atoms with E-state index in [9.17, 15) is 0 Å². The first-order valence-corrected chi connectivity index (χ1v) is 6.40. The summed E-state index contributed by atoms with van der Waals surface area (Å²) < 4.78 is 0. The lowest BCUT2D eigenvalue weighted by molar-refractivity contribution is -0.176. The summed E-state index contributed by atoms with van der Waals surface area (Å²) >= 11 is 0. The van der Waals surface area contributed by atoms with Crippen LogP contribution >= 0.6 is 0 Å². The fourth-order valence-electron chi connectivity index (χ4n) is 3.62. The zero-order valence-corrected chi connectivity index (χ0v) is 11.4. The third-order valence-electron chi connectivity index (χ3n) is 4.68. The maximum Gasteiger partial charge on any atom is 0.0125 e. The van der Waals surface area contributed by atoms with Crippen LogP contribution in [0.25, 0.3) is 0 Å². The standard InChI is InChI=1S/C14H27N/c1-12(2,3)11-7-8-14(11)9-15(10-14)13(4,5)6/h11H,7-10H2,1-6H3. The van der Waals surface area contributed by atoms with E-state index in [1.54, 1.807) is 0 Å². The first-order valence-electron chi connectivity index (χ1n) is 6.40. The highest BCUT2D eigenvalue weighted by Crippen LogP contribution is 2.60. The largest absolute Gasteiger partial charge is 0.297 e. The normalized spacial score (nSPS) is 31.2. The van der Waals surface area contributed by atoms with E-state index in [0.29, 0.717) is 16.4 Å². The average Bonchev–Trinajstić information content (AvgIpc) is 1.71. The minimum atomic E-state index is 0.378. The van der Waals surface area contributed by atoms with Gasteiger partial charge in [-0.25, -0.2) is 0 Å². The molecule has 1 aliphatic carbocycles. The van der Waals surface area contributed by atoms with Crippen molar-refractivity contribution in [2.24, 2.45) is 16.7 Å². The Hall–Kier alpha value is -0.0400. The molecule has 0 aromatic rings. The van der Waals surface area contributed by atoms with Gasteiger partial charge >= 0.3 is 0 Å². The van der Waals surface area contributed by atoms with Gasteiger partial charge in [-0.15, -0.1) is 0 Å². The van der Waals surface area contributed by atoms with Gasteiger partial charge in [0.1, 0.15) is 0 Å². The monoisotopic (exact) mass is 209 g/mol. The van der Waals surface area contributed by atoms with Crippen molar-refractivity contribution in [2.45, 2.75) is 59.9 Å². The van der Waals surface area contributed by atoms with E-state index in [0.717, 1.165) is 5.92 Å². The van der Waals surface area contributed by atoms with E-state index in [2.05, 4.69) is 46.4 Å². The van der Waals surface area contributed by atoms with Crippen LogP contribution in [0.5, 0.6) is 0 Å². The van der Waals surface area contributed by atoms with Gasteiger partial charge in [0.15, 0.2) is 0 Å². The summed E-state index contributed by atoms with van der Waals surface area (Å²) in [4.78, 5) is 2.64. The fraction of sp³-hybridized carbons (Fsp3) is 1.00. The molecule has 1 aliphatic heterocycles. The van der Waals surface area contributed by atoms with E-state index < -0.39 is 0 Å². The van der Waals surface area contributed by atoms with E-state index in [1.165, 1.54) is 25.9 Å². The summed E-state index contributed by atoms with van der Waals surface area (Å²) in [5.74, 6) is 0.962. The molecular weight excluding hydrogens is 182 g/mol. The first kappa shape index (κ1) is 11.4. The summed E-state index contributed by atoms with van der Waals surface area (Å²) in [7, 11) is 0. The van der Waals surface area contributed by atoms with Crippen LogP contribution in [0.15, 0.2) is 0 Å². The third kappa shape index (κ3) is 1.73. The predicted octanol–water partition coefficient (Wildman–Crippen LogP) is 3.54. The van der Waals surface area contributed by atoms with Gasteiger partial charge in [0.25, 0.3) is 0 Å². The molecule has 0 aromatic carbocycles. The van der Waals surface area contributed by atoms with Crippen molar-refractivity contribution < 1.29 is 0 Å². The molecule has 1 spiro atoms. The molecule has 0 amide bonds. The summed E-state index contributed by atoms with van der Waals surface area (Å²) in [5, 5.41) is 0. The van der Waals surface area contributed by atoms with Gasteiger partial charge in [-0.3, -0.25) is 4.90 Å². The Morgan fingerprint density at radius 3 is 1.80 bits per heavy atom. The molecule has 0 N–H and O–H groups in total. The number of likely N-dealkylation sites (tertiary alicyclic amines) is 1. The molecule has 1 unspecified atom stereocenters. The maximum absolute atomic E-state index is 2.64. The van der Waals surface area contributed by atoms with E-state index in [4.69, 9.17) is 0 Å². The van der Waals surface area contributed by atoms with Gasteiger partial charge in [-0.05, 0) is 50.4 Å². The Labute approximate surface area is 95.2 Å². The Morgan fingerprint density at radius 2 is 1.53 bits per heavy atom. The molecule has 2 rings (SSSR count). The molecule has 1 heteroatoms. The summed E-state index contributed by atoms with van der Waals surface area (Å²) in [6.07, 6.45) is 2.93. The Kier molecular flexibility index (Phi) is 2.29. The van der Waals surface area contributed by atoms with Crippen molar-refractivity contribution in [3.8, 4) is 0 Å². The molecule has 88 valence electrons. The predicted molar refractivity (Wildman–Crippen MR) is 65.9 cm³/mol. The molecule has 1 nitrogen and oxygen atoms in total. The van der Waals surface area contributed by atoms with Crippen molar-refractivity contribution in [2.75, 3.05) is 13.1 Å². The van der Waals surface area contributed by atoms with E-state index in [1.807, 2.05) is 0 Å². The summed E-state index contributed by atoms with van der Waals surface area (Å²) in [6.45, 7) is 17.0. The van der Waals surface area contributed by atoms with Crippen LogP contribution in [0.2, 0.25) is 0 Å². The zero-order chi connectivity index (χ0) is 11.5. The zero-order valence-electron chi connectivity index (χ0n) is 11.4. The first-order chi connectivity index (χ1) is 6.65. The topological polar surface area (TPSA) is 3.24 Å². The van der Waals surface area contributed by atoms with Crippen LogP contribution in [0.1, 0.15) is 54.4 Å². The number of nitrogens with zero attached hydrogens (tertiary/aromatic N) is 1. The average molecular weight is 209 g/mol. The lowest BCUT2D eigenvalue weighted by atomic mass is 9.48. The second kappa shape index (κ2) is 3.00. The maximum atomic E-state index is 2.64. The molecule has 0 aromatic heterocycles. The number of rotatable bonds is 0. The minimum absolute atomic E-state index is 0.378. The lowest BCUT2D eigenvalue weighted by Crippen LogP contribution is -2.70. The quantitative estimate of drug-likeness (QED) is 0.590. The second-order valence-corrected chi connectivity index (χ2v) is 7.85. The van der Waals surface area contributed by atoms with E-state index in [-0.39, 0.29) is 0 Å². The van der Waals surface area contributed by atoms with Gasteiger partial charge in [0.2, 0.25) is 0 Å². The van der Waals surface area contributed by atoms with Crippen LogP contribution in [0, 0.1) is 16.7 Å². The molecule has 2 aliphatic rings. The molecule has 2 fully saturated rings. The van der Waals surface area contributed by atoms with Gasteiger partial charge in [0, 0.05) is 18.6 Å². The van der Waals surface area contributed by atoms with Crippen LogP contribution in [0.3, 0.4) is 0 Å². The van der Waals surface area contributed by atoms with Crippen LogP contribution in [-0.4, -0.2) is 23.5 Å². The highest BCUT2D eigenvalue weighted by atomic mass is 15.3. The van der Waals surface area contributed by atoms with Gasteiger partial charge < -0.3 is 0 Å². The highest BCUT2D eigenvalue weighted by molar-refractivity contribution is 5.10. The van der Waals surface area contributed by atoms with E-state index >= 15 is 0 Å². The lowest BCUT2D eigenvalue weighted by Gasteiger charge is -2.67. The summed E-state index contributed by atoms with van der Waals surface area (Å²) in [6, 6.07) is 0. The van der Waals surface area contributed by atoms with Crippen molar-refractivity contribution in [1.82, 2.24) is 4.90 Å². The van der Waals surface area contributed by atoms with Crippen molar-refractivity contribution >= 4 is 0 Å². The second-order valence-electron chi connectivity index (χ2n) is 7.85. The van der Waals surface area contributed by atoms with Crippen molar-refractivity contribution in [3.05, 3.63) is 0 Å². The fourth-order valence-corrected chi connectivity index (χ4v) is 3.62. The molecule has 0 radical (unpaired) electrons. The van der Waals surface area contributed by atoms with Crippen molar-refractivity contribution in [1.29, 1.82) is 0 Å². The SMILES string of the molecule is CC(C)(C)C1CCC12CN(C(C)(C)C)C2. The number of hydrogen-bond donors (Lipinski definition) is 0. The Bertz CT molecular complexity index is 247. The summed E-state index contributed by atoms with van der Waals surface area (Å²) in [5.41, 5.74) is 1.59. The smallest absolute Gasteiger partial charge is 0.0125 e. The van der Waals surface area contributed by atoms with Gasteiger partial charge in [-0.2, -0.15) is 0 Å². The van der Waals surface area contributed by atoms with Crippen LogP contribution in [-0.2, 0) is 0 Å². The molecular formula is C14H27N. The van der Waals surface area contributed by atoms with Crippen LogP contribution in [0.4, 0.5) is 0 Å². The Balaban J connectivity index is 1.98. The highest BCUT2D eigenvalue weighted by Gasteiger charge is 2.59. The molecule has 0 bridgehead atoms. The molecule has 15 heavy (non-hydrogen) atoms. The molecule has 1 saturated heterocycles. The third-order valence-corrected chi connectivity index (χ3v) is 4.68. The van der Waals surface area contributed by atoms with Gasteiger partial charge in [0.05, 0.1) is 0 Å². The molecule has 1 atom stereocenters. The minimum Gasteiger partial charge on any atom is -0.297 e. The van der Waals surface area contributed by atoms with Gasteiger partial charge in [-0.1, -0.05) is 20.8 Å². The molecule has 1 saturated carbocycles. The van der Waals surface area contributed by atoms with Crippen molar-refractivity contribution in [3.63, 3.8) is 0 Å². The van der Waals surface area contributed by atoms with Crippen LogP contribution < -0.4 is 0 Å². The Morgan fingerprint density at radius 1 is 1.00 bits per heavy atom. The number of hydrogen-bond acceptors (Lipinski definition) is 1. The molecule has 1 heterocycles.